The zero-order chi connectivity index (χ0) is 17.5. The summed E-state index contributed by atoms with van der Waals surface area (Å²) in [7, 11) is 0. The van der Waals surface area contributed by atoms with Crippen LogP contribution in [-0.2, 0) is 20.7 Å². The molecule has 1 atom stereocenters. The molecule has 5 heteroatoms. The number of hydrogen-bond donors (Lipinski definition) is 2. The first-order valence-electron chi connectivity index (χ1n) is 7.81. The van der Waals surface area contributed by atoms with Crippen molar-refractivity contribution in [2.75, 3.05) is 11.9 Å². The number of anilines is 1. The lowest BCUT2D eigenvalue weighted by Gasteiger charge is -2.14. The lowest BCUT2D eigenvalue weighted by molar-refractivity contribution is -0.156. The van der Waals surface area contributed by atoms with Crippen LogP contribution in [0.3, 0.4) is 0 Å². The molecule has 0 radical (unpaired) electrons. The van der Waals surface area contributed by atoms with Gasteiger partial charge in [0.25, 0.3) is 5.91 Å². The molecule has 2 aromatic carbocycles. The van der Waals surface area contributed by atoms with Gasteiger partial charge in [0, 0.05) is 5.69 Å². The van der Waals surface area contributed by atoms with Crippen LogP contribution in [0, 0.1) is 6.92 Å². The first kappa shape index (κ1) is 17.7. The second kappa shape index (κ2) is 8.26. The van der Waals surface area contributed by atoms with Gasteiger partial charge in [-0.3, -0.25) is 4.79 Å². The van der Waals surface area contributed by atoms with E-state index in [0.29, 0.717) is 5.56 Å². The Morgan fingerprint density at radius 1 is 1.12 bits per heavy atom. The summed E-state index contributed by atoms with van der Waals surface area (Å²) in [6.07, 6.45) is -0.618. The molecule has 5 nitrogen and oxygen atoms in total. The van der Waals surface area contributed by atoms with Crippen LogP contribution in [0.1, 0.15) is 29.7 Å². The van der Waals surface area contributed by atoms with E-state index in [1.807, 2.05) is 32.0 Å². The average Bonchev–Trinajstić information content (AvgIpc) is 2.61. The van der Waals surface area contributed by atoms with Crippen molar-refractivity contribution >= 4 is 17.6 Å². The van der Waals surface area contributed by atoms with Crippen LogP contribution in [0.2, 0.25) is 0 Å². The fourth-order valence-corrected chi connectivity index (χ4v) is 2.36. The fourth-order valence-electron chi connectivity index (χ4n) is 2.36. The molecule has 0 unspecified atom stereocenters. The Kier molecular flexibility index (Phi) is 6.09. The average molecular weight is 327 g/mol. The maximum absolute atomic E-state index is 12.0. The van der Waals surface area contributed by atoms with E-state index in [0.717, 1.165) is 23.2 Å². The van der Waals surface area contributed by atoms with Gasteiger partial charge in [-0.1, -0.05) is 55.5 Å². The van der Waals surface area contributed by atoms with Gasteiger partial charge in [0.2, 0.25) is 0 Å². The van der Waals surface area contributed by atoms with Crippen LogP contribution in [0.5, 0.6) is 0 Å². The van der Waals surface area contributed by atoms with Crippen molar-refractivity contribution < 1.29 is 19.4 Å². The SMILES string of the molecule is CCc1cccc(C)c1NC(=O)COC(=O)[C@@H](O)c1ccccc1. The number of benzene rings is 2. The van der Waals surface area contributed by atoms with Crippen molar-refractivity contribution in [1.29, 1.82) is 0 Å². The first-order valence-corrected chi connectivity index (χ1v) is 7.81. The monoisotopic (exact) mass is 327 g/mol. The van der Waals surface area contributed by atoms with E-state index in [1.54, 1.807) is 30.3 Å². The second-order valence-corrected chi connectivity index (χ2v) is 5.43. The summed E-state index contributed by atoms with van der Waals surface area (Å²) in [5.74, 6) is -1.29. The Bertz CT molecular complexity index is 713. The number of hydrogen-bond acceptors (Lipinski definition) is 4. The lowest BCUT2D eigenvalue weighted by Crippen LogP contribution is -2.24. The number of para-hydroxylation sites is 1. The van der Waals surface area contributed by atoms with Crippen LogP contribution in [-0.4, -0.2) is 23.6 Å². The first-order chi connectivity index (χ1) is 11.5. The molecular weight excluding hydrogens is 306 g/mol. The number of ether oxygens (including phenoxy) is 1. The molecule has 0 spiro atoms. The number of carbonyl (C=O) groups is 2. The molecule has 126 valence electrons. The number of aryl methyl sites for hydroxylation is 2. The third kappa shape index (κ3) is 4.43. The molecule has 0 aliphatic rings. The van der Waals surface area contributed by atoms with Crippen molar-refractivity contribution in [2.45, 2.75) is 26.4 Å². The third-order valence-corrected chi connectivity index (χ3v) is 3.69. The minimum absolute atomic E-state index is 0.426. The number of esters is 1. The van der Waals surface area contributed by atoms with Crippen molar-refractivity contribution in [1.82, 2.24) is 0 Å². The molecule has 0 saturated carbocycles. The van der Waals surface area contributed by atoms with E-state index in [1.165, 1.54) is 0 Å². The van der Waals surface area contributed by atoms with Gasteiger partial charge < -0.3 is 15.2 Å². The number of rotatable bonds is 6. The smallest absolute Gasteiger partial charge is 0.340 e. The topological polar surface area (TPSA) is 75.6 Å². The van der Waals surface area contributed by atoms with Crippen LogP contribution in [0.15, 0.2) is 48.5 Å². The van der Waals surface area contributed by atoms with E-state index in [4.69, 9.17) is 4.74 Å². The van der Waals surface area contributed by atoms with Gasteiger partial charge in [0.05, 0.1) is 0 Å². The van der Waals surface area contributed by atoms with Gasteiger partial charge in [0.1, 0.15) is 0 Å². The molecule has 1 amide bonds. The van der Waals surface area contributed by atoms with Crippen molar-refractivity contribution in [3.8, 4) is 0 Å². The molecular formula is C19H21NO4. The van der Waals surface area contributed by atoms with Crippen LogP contribution >= 0.6 is 0 Å². The molecule has 0 bridgehead atoms. The Labute approximate surface area is 141 Å². The van der Waals surface area contributed by atoms with E-state index in [2.05, 4.69) is 5.32 Å². The number of amides is 1. The highest BCUT2D eigenvalue weighted by Gasteiger charge is 2.20. The van der Waals surface area contributed by atoms with Gasteiger partial charge in [-0.2, -0.15) is 0 Å². The molecule has 0 heterocycles. The summed E-state index contributed by atoms with van der Waals surface area (Å²) in [5, 5.41) is 12.7. The molecule has 0 aliphatic heterocycles. The summed E-state index contributed by atoms with van der Waals surface area (Å²) in [6, 6.07) is 14.2. The number of aliphatic hydroxyl groups excluding tert-OH is 1. The zero-order valence-corrected chi connectivity index (χ0v) is 13.8. The fraction of sp³-hybridized carbons (Fsp3) is 0.263. The molecule has 0 aromatic heterocycles. The predicted molar refractivity (Wildman–Crippen MR) is 91.5 cm³/mol. The summed E-state index contributed by atoms with van der Waals surface area (Å²) in [6.45, 7) is 3.46. The quantitative estimate of drug-likeness (QED) is 0.800. The molecule has 2 rings (SSSR count). The minimum Gasteiger partial charge on any atom is -0.453 e. The number of carbonyl (C=O) groups excluding carboxylic acids is 2. The van der Waals surface area contributed by atoms with Crippen LogP contribution in [0.25, 0.3) is 0 Å². The van der Waals surface area contributed by atoms with Gasteiger partial charge in [-0.25, -0.2) is 4.79 Å². The van der Waals surface area contributed by atoms with Crippen LogP contribution < -0.4 is 5.32 Å². The van der Waals surface area contributed by atoms with Crippen molar-refractivity contribution in [3.05, 3.63) is 65.2 Å². The predicted octanol–water partition coefficient (Wildman–Crippen LogP) is 2.77. The maximum Gasteiger partial charge on any atom is 0.340 e. The van der Waals surface area contributed by atoms with Gasteiger partial charge >= 0.3 is 5.97 Å². The molecule has 0 aliphatic carbocycles. The second-order valence-electron chi connectivity index (χ2n) is 5.43. The molecule has 0 saturated heterocycles. The maximum atomic E-state index is 12.0. The normalized spacial score (nSPS) is 11.6. The molecule has 24 heavy (non-hydrogen) atoms. The Morgan fingerprint density at radius 3 is 2.50 bits per heavy atom. The Balaban J connectivity index is 1.93. The Morgan fingerprint density at radius 2 is 1.83 bits per heavy atom. The summed E-state index contributed by atoms with van der Waals surface area (Å²) in [4.78, 5) is 23.9. The van der Waals surface area contributed by atoms with Crippen molar-refractivity contribution in [3.63, 3.8) is 0 Å². The summed E-state index contributed by atoms with van der Waals surface area (Å²) >= 11 is 0. The highest BCUT2D eigenvalue weighted by atomic mass is 16.5. The third-order valence-electron chi connectivity index (χ3n) is 3.69. The Hall–Kier alpha value is -2.66. The van der Waals surface area contributed by atoms with Gasteiger partial charge in [-0.05, 0) is 30.0 Å². The zero-order valence-electron chi connectivity index (χ0n) is 13.8. The van der Waals surface area contributed by atoms with E-state index in [9.17, 15) is 14.7 Å². The van der Waals surface area contributed by atoms with E-state index in [-0.39, 0.29) is 0 Å². The number of aliphatic hydroxyl groups is 1. The number of nitrogens with one attached hydrogen (secondary N) is 1. The van der Waals surface area contributed by atoms with Gasteiger partial charge in [-0.15, -0.1) is 0 Å². The largest absolute Gasteiger partial charge is 0.453 e. The van der Waals surface area contributed by atoms with Gasteiger partial charge in [0.15, 0.2) is 12.7 Å². The lowest BCUT2D eigenvalue weighted by atomic mass is 10.1. The minimum atomic E-state index is -1.40. The standard InChI is InChI=1S/C19H21NO4/c1-3-14-11-7-8-13(2)17(14)20-16(21)12-24-19(23)18(22)15-9-5-4-6-10-15/h4-11,18,22H,3,12H2,1-2H3,(H,20,21)/t18-/m0/s1. The molecule has 0 fully saturated rings. The van der Waals surface area contributed by atoms with E-state index >= 15 is 0 Å². The summed E-state index contributed by atoms with van der Waals surface area (Å²) in [5.41, 5.74) is 3.12. The van der Waals surface area contributed by atoms with E-state index < -0.39 is 24.6 Å². The molecule has 2 aromatic rings. The van der Waals surface area contributed by atoms with Crippen LogP contribution in [0.4, 0.5) is 5.69 Å². The van der Waals surface area contributed by atoms with Crippen molar-refractivity contribution in [2.24, 2.45) is 0 Å². The highest BCUT2D eigenvalue weighted by Crippen LogP contribution is 2.21. The molecule has 2 N–H and O–H groups in total. The summed E-state index contributed by atoms with van der Waals surface area (Å²) < 4.78 is 4.90. The highest BCUT2D eigenvalue weighted by molar-refractivity contribution is 5.94.